The lowest BCUT2D eigenvalue weighted by Crippen LogP contribution is -2.35. The molecule has 6 nitrogen and oxygen atoms in total. The molecule has 0 fully saturated rings. The summed E-state index contributed by atoms with van der Waals surface area (Å²) in [7, 11) is 1.62. The minimum absolute atomic E-state index is 0.0320. The minimum Gasteiger partial charge on any atom is -0.357 e. The van der Waals surface area contributed by atoms with Crippen LogP contribution in [0.5, 0.6) is 0 Å². The van der Waals surface area contributed by atoms with Gasteiger partial charge < -0.3 is 10.6 Å². The summed E-state index contributed by atoms with van der Waals surface area (Å²) in [5.74, 6) is 0.580. The molecule has 0 aliphatic rings. The highest BCUT2D eigenvalue weighted by Crippen LogP contribution is 2.24. The molecule has 0 spiro atoms. The third-order valence-corrected chi connectivity index (χ3v) is 3.15. The average Bonchev–Trinajstić information content (AvgIpc) is 2.82. The Labute approximate surface area is 118 Å². The van der Waals surface area contributed by atoms with Gasteiger partial charge in [-0.25, -0.2) is 9.50 Å². The first-order valence-electron chi connectivity index (χ1n) is 6.66. The first-order valence-corrected chi connectivity index (χ1v) is 6.66. The number of likely N-dealkylation sites (N-methyl/N-ethyl adjacent to an activating group) is 1. The number of nitrogens with zero attached hydrogens (tertiary/aromatic N) is 3. The second kappa shape index (κ2) is 5.11. The van der Waals surface area contributed by atoms with Crippen LogP contribution < -0.4 is 10.6 Å². The van der Waals surface area contributed by atoms with E-state index in [9.17, 15) is 4.79 Å². The Morgan fingerprint density at radius 2 is 2.10 bits per heavy atom. The van der Waals surface area contributed by atoms with E-state index in [1.165, 1.54) is 0 Å². The smallest absolute Gasteiger partial charge is 0.241 e. The SMILES string of the molecule is CNC(=O)C(C)Nc1nccn2nc(C(C)(C)C)cc12. The lowest BCUT2D eigenvalue weighted by atomic mass is 9.92. The van der Waals surface area contributed by atoms with Gasteiger partial charge in [-0.05, 0) is 13.0 Å². The number of aromatic nitrogens is 3. The maximum absolute atomic E-state index is 11.6. The zero-order valence-corrected chi connectivity index (χ0v) is 12.6. The summed E-state index contributed by atoms with van der Waals surface area (Å²) in [5.41, 5.74) is 1.82. The van der Waals surface area contributed by atoms with Crippen molar-refractivity contribution in [2.24, 2.45) is 0 Å². The normalized spacial score (nSPS) is 13.2. The van der Waals surface area contributed by atoms with Gasteiger partial charge in [-0.15, -0.1) is 0 Å². The van der Waals surface area contributed by atoms with Crippen LogP contribution in [0.2, 0.25) is 0 Å². The van der Waals surface area contributed by atoms with E-state index in [-0.39, 0.29) is 17.4 Å². The minimum atomic E-state index is -0.355. The molecule has 2 rings (SSSR count). The molecule has 20 heavy (non-hydrogen) atoms. The van der Waals surface area contributed by atoms with Crippen molar-refractivity contribution in [1.82, 2.24) is 19.9 Å². The predicted molar refractivity (Wildman–Crippen MR) is 78.8 cm³/mol. The van der Waals surface area contributed by atoms with Gasteiger partial charge in [0.15, 0.2) is 5.82 Å². The number of hydrogen-bond donors (Lipinski definition) is 2. The van der Waals surface area contributed by atoms with Crippen LogP contribution >= 0.6 is 0 Å². The largest absolute Gasteiger partial charge is 0.357 e. The Hall–Kier alpha value is -2.11. The van der Waals surface area contributed by atoms with Crippen LogP contribution in [0.15, 0.2) is 18.5 Å². The first kappa shape index (κ1) is 14.3. The van der Waals surface area contributed by atoms with Crippen LogP contribution in [0.3, 0.4) is 0 Å². The van der Waals surface area contributed by atoms with E-state index in [0.29, 0.717) is 5.82 Å². The number of fused-ring (bicyclic) bond motifs is 1. The molecule has 0 bridgehead atoms. The molecule has 0 aliphatic heterocycles. The molecule has 2 aromatic heterocycles. The van der Waals surface area contributed by atoms with Gasteiger partial charge in [0, 0.05) is 24.9 Å². The van der Waals surface area contributed by atoms with Crippen molar-refractivity contribution in [1.29, 1.82) is 0 Å². The molecular formula is C14H21N5O. The Morgan fingerprint density at radius 3 is 2.70 bits per heavy atom. The molecule has 0 saturated heterocycles. The van der Waals surface area contributed by atoms with Crippen LogP contribution in [-0.2, 0) is 10.2 Å². The molecule has 1 unspecified atom stereocenters. The van der Waals surface area contributed by atoms with Gasteiger partial charge in [0.25, 0.3) is 0 Å². The number of carbonyl (C=O) groups excluding carboxylic acids is 1. The molecule has 0 aromatic carbocycles. The average molecular weight is 275 g/mol. The van der Waals surface area contributed by atoms with Gasteiger partial charge in [-0.1, -0.05) is 20.8 Å². The van der Waals surface area contributed by atoms with Crippen LogP contribution in [0, 0.1) is 0 Å². The molecule has 2 aromatic rings. The molecule has 2 heterocycles. The van der Waals surface area contributed by atoms with Crippen LogP contribution in [0.4, 0.5) is 5.82 Å². The molecule has 1 atom stereocenters. The van der Waals surface area contributed by atoms with E-state index < -0.39 is 0 Å². The van der Waals surface area contributed by atoms with E-state index in [4.69, 9.17) is 0 Å². The Kier molecular flexibility index (Phi) is 3.65. The quantitative estimate of drug-likeness (QED) is 0.892. The summed E-state index contributed by atoms with van der Waals surface area (Å²) in [6.07, 6.45) is 3.48. The number of rotatable bonds is 3. The van der Waals surface area contributed by atoms with Gasteiger partial charge >= 0.3 is 0 Å². The Morgan fingerprint density at radius 1 is 1.40 bits per heavy atom. The highest BCUT2D eigenvalue weighted by Gasteiger charge is 2.20. The fourth-order valence-electron chi connectivity index (χ4n) is 1.89. The highest BCUT2D eigenvalue weighted by atomic mass is 16.2. The van der Waals surface area contributed by atoms with E-state index in [1.54, 1.807) is 30.9 Å². The summed E-state index contributed by atoms with van der Waals surface area (Å²) < 4.78 is 1.78. The summed E-state index contributed by atoms with van der Waals surface area (Å²) in [5, 5.41) is 10.3. The van der Waals surface area contributed by atoms with Gasteiger partial charge in [-0.2, -0.15) is 5.10 Å². The monoisotopic (exact) mass is 275 g/mol. The third kappa shape index (κ3) is 2.74. The van der Waals surface area contributed by atoms with E-state index in [2.05, 4.69) is 41.5 Å². The third-order valence-electron chi connectivity index (χ3n) is 3.15. The van der Waals surface area contributed by atoms with Crippen molar-refractivity contribution < 1.29 is 4.79 Å². The van der Waals surface area contributed by atoms with Crippen molar-refractivity contribution >= 4 is 17.2 Å². The number of hydrogen-bond acceptors (Lipinski definition) is 4. The van der Waals surface area contributed by atoms with Crippen LogP contribution in [-0.4, -0.2) is 33.6 Å². The van der Waals surface area contributed by atoms with Crippen molar-refractivity contribution in [3.8, 4) is 0 Å². The fraction of sp³-hybridized carbons (Fsp3) is 0.500. The van der Waals surface area contributed by atoms with E-state index >= 15 is 0 Å². The zero-order chi connectivity index (χ0) is 14.9. The van der Waals surface area contributed by atoms with Crippen LogP contribution in [0.1, 0.15) is 33.4 Å². The second-order valence-electron chi connectivity index (χ2n) is 5.87. The summed E-state index contributed by atoms with van der Waals surface area (Å²) >= 11 is 0. The first-order chi connectivity index (χ1) is 9.32. The number of nitrogens with one attached hydrogen (secondary N) is 2. The standard InChI is InChI=1S/C14H21N5O/c1-9(13(20)15-5)17-12-10-8-11(14(2,3)4)18-19(10)7-6-16-12/h6-9H,1-5H3,(H,15,20)(H,16,17). The molecule has 0 aliphatic carbocycles. The molecule has 0 radical (unpaired) electrons. The lowest BCUT2D eigenvalue weighted by molar-refractivity contribution is -0.121. The molecule has 1 amide bonds. The number of anilines is 1. The van der Waals surface area contributed by atoms with Crippen molar-refractivity contribution in [2.45, 2.75) is 39.2 Å². The van der Waals surface area contributed by atoms with Crippen molar-refractivity contribution in [3.63, 3.8) is 0 Å². The summed E-state index contributed by atoms with van der Waals surface area (Å²) in [6.45, 7) is 8.14. The predicted octanol–water partition coefficient (Wildman–Crippen LogP) is 1.57. The van der Waals surface area contributed by atoms with E-state index in [0.717, 1.165) is 11.2 Å². The highest BCUT2D eigenvalue weighted by molar-refractivity contribution is 5.85. The molecule has 2 N–H and O–H groups in total. The van der Waals surface area contributed by atoms with Gasteiger partial charge in [-0.3, -0.25) is 4.79 Å². The van der Waals surface area contributed by atoms with E-state index in [1.807, 2.05) is 6.07 Å². The van der Waals surface area contributed by atoms with Gasteiger partial charge in [0.2, 0.25) is 5.91 Å². The fourth-order valence-corrected chi connectivity index (χ4v) is 1.89. The van der Waals surface area contributed by atoms with Crippen LogP contribution in [0.25, 0.3) is 5.52 Å². The van der Waals surface area contributed by atoms with Crippen molar-refractivity contribution in [3.05, 3.63) is 24.2 Å². The molecule has 6 heteroatoms. The number of amides is 1. The van der Waals surface area contributed by atoms with Crippen molar-refractivity contribution in [2.75, 3.05) is 12.4 Å². The topological polar surface area (TPSA) is 71.3 Å². The maximum atomic E-state index is 11.6. The molecule has 0 saturated carbocycles. The lowest BCUT2D eigenvalue weighted by Gasteiger charge is -2.13. The second-order valence-corrected chi connectivity index (χ2v) is 5.87. The Bertz CT molecular complexity index is 626. The van der Waals surface area contributed by atoms with Gasteiger partial charge in [0.05, 0.1) is 5.69 Å². The Balaban J connectivity index is 2.39. The molecule has 108 valence electrons. The molecular weight excluding hydrogens is 254 g/mol. The summed E-state index contributed by atoms with van der Waals surface area (Å²) in [4.78, 5) is 15.9. The summed E-state index contributed by atoms with van der Waals surface area (Å²) in [6, 6.07) is 1.65. The maximum Gasteiger partial charge on any atom is 0.241 e. The van der Waals surface area contributed by atoms with Gasteiger partial charge in [0.1, 0.15) is 11.6 Å². The number of carbonyl (C=O) groups is 1. The zero-order valence-electron chi connectivity index (χ0n) is 12.6.